The molecule has 1 heterocycles. The molecule has 158 valence electrons. The van der Waals surface area contributed by atoms with E-state index in [1.54, 1.807) is 0 Å². The summed E-state index contributed by atoms with van der Waals surface area (Å²) in [5.74, 6) is 0. The fourth-order valence-corrected chi connectivity index (χ4v) is 4.10. The first kappa shape index (κ1) is 20.8. The largest absolute Gasteiger partial charge is 0.268 e. The van der Waals surface area contributed by atoms with Crippen molar-refractivity contribution < 1.29 is 0 Å². The topological polar surface area (TPSA) is 15.6 Å². The van der Waals surface area contributed by atoms with Crippen molar-refractivity contribution in [3.8, 4) is 11.1 Å². The third-order valence-corrected chi connectivity index (χ3v) is 5.80. The van der Waals surface area contributed by atoms with Gasteiger partial charge in [0.2, 0.25) is 0 Å². The van der Waals surface area contributed by atoms with Crippen molar-refractivity contribution in [3.05, 3.63) is 138 Å². The third-order valence-electron chi connectivity index (χ3n) is 5.80. The molecule has 0 unspecified atom stereocenters. The Hall–Kier alpha value is -4.11. The molecule has 0 saturated carbocycles. The highest BCUT2D eigenvalue weighted by atomic mass is 15.4. The van der Waals surface area contributed by atoms with Gasteiger partial charge in [-0.15, -0.1) is 0 Å². The van der Waals surface area contributed by atoms with E-state index in [4.69, 9.17) is 5.10 Å². The zero-order valence-electron chi connectivity index (χ0n) is 18.7. The molecule has 0 spiro atoms. The van der Waals surface area contributed by atoms with Gasteiger partial charge in [-0.05, 0) is 51.1 Å². The van der Waals surface area contributed by atoms with E-state index >= 15 is 0 Å². The van der Waals surface area contributed by atoms with Gasteiger partial charge in [0, 0.05) is 6.20 Å². The van der Waals surface area contributed by atoms with Crippen molar-refractivity contribution in [2.24, 2.45) is 5.10 Å². The molecule has 0 radical (unpaired) electrons. The second-order valence-electron chi connectivity index (χ2n) is 8.32. The molecule has 4 aromatic rings. The first-order chi connectivity index (χ1) is 16.2. The SMILES string of the molecule is Bc1cccc(-c2cccc(/C=N/N3C=C(c4ccccc4)C=C(c4ccccc4)C3)c2)c1. The lowest BCUT2D eigenvalue weighted by Crippen LogP contribution is -2.17. The van der Waals surface area contributed by atoms with Gasteiger partial charge in [0.1, 0.15) is 7.85 Å². The molecule has 5 rings (SSSR count). The van der Waals surface area contributed by atoms with E-state index in [1.807, 2.05) is 17.3 Å². The first-order valence-corrected chi connectivity index (χ1v) is 11.3. The second-order valence-corrected chi connectivity index (χ2v) is 8.32. The van der Waals surface area contributed by atoms with Gasteiger partial charge in [-0.25, -0.2) is 0 Å². The lowest BCUT2D eigenvalue weighted by molar-refractivity contribution is 0.451. The Labute approximate surface area is 196 Å². The summed E-state index contributed by atoms with van der Waals surface area (Å²) in [6.07, 6.45) is 6.35. The van der Waals surface area contributed by atoms with Crippen molar-refractivity contribution in [1.29, 1.82) is 0 Å². The van der Waals surface area contributed by atoms with Gasteiger partial charge >= 0.3 is 0 Å². The van der Waals surface area contributed by atoms with Crippen LogP contribution in [-0.2, 0) is 0 Å². The number of benzene rings is 4. The summed E-state index contributed by atoms with van der Waals surface area (Å²) in [6.45, 7) is 0.731. The summed E-state index contributed by atoms with van der Waals surface area (Å²) in [5.41, 5.74) is 9.59. The number of hydrazone groups is 1. The van der Waals surface area contributed by atoms with Crippen molar-refractivity contribution in [1.82, 2.24) is 5.01 Å². The molecule has 0 aromatic heterocycles. The van der Waals surface area contributed by atoms with Crippen LogP contribution in [0.4, 0.5) is 0 Å². The smallest absolute Gasteiger partial charge is 0.139 e. The maximum Gasteiger partial charge on any atom is 0.139 e. The van der Waals surface area contributed by atoms with Crippen LogP contribution in [0.1, 0.15) is 16.7 Å². The monoisotopic (exact) mass is 424 g/mol. The number of hydrogen-bond acceptors (Lipinski definition) is 2. The van der Waals surface area contributed by atoms with E-state index in [0.29, 0.717) is 0 Å². The zero-order valence-corrected chi connectivity index (χ0v) is 18.7. The molecule has 3 heteroatoms. The number of hydrogen-bond donors (Lipinski definition) is 0. The molecule has 0 aliphatic carbocycles. The Morgan fingerprint density at radius 1 is 0.667 bits per heavy atom. The average Bonchev–Trinajstić information content (AvgIpc) is 2.88. The van der Waals surface area contributed by atoms with Crippen LogP contribution in [0.15, 0.2) is 127 Å². The maximum atomic E-state index is 4.85. The van der Waals surface area contributed by atoms with Crippen molar-refractivity contribution in [2.45, 2.75) is 0 Å². The molecule has 0 fully saturated rings. The summed E-state index contributed by atoms with van der Waals surface area (Å²) >= 11 is 0. The quantitative estimate of drug-likeness (QED) is 0.310. The van der Waals surface area contributed by atoms with Crippen LogP contribution in [-0.4, -0.2) is 25.6 Å². The van der Waals surface area contributed by atoms with E-state index < -0.39 is 0 Å². The minimum absolute atomic E-state index is 0.731. The lowest BCUT2D eigenvalue weighted by atomic mass is 9.92. The first-order valence-electron chi connectivity index (χ1n) is 11.3. The Balaban J connectivity index is 1.45. The molecule has 2 nitrogen and oxygen atoms in total. The molecular formula is C30H25BN2. The summed E-state index contributed by atoms with van der Waals surface area (Å²) < 4.78 is 0. The summed E-state index contributed by atoms with van der Waals surface area (Å²) in [5, 5.41) is 6.88. The van der Waals surface area contributed by atoms with E-state index in [9.17, 15) is 0 Å². The van der Waals surface area contributed by atoms with E-state index in [0.717, 1.165) is 17.7 Å². The minimum Gasteiger partial charge on any atom is -0.268 e. The van der Waals surface area contributed by atoms with Crippen molar-refractivity contribution in [2.75, 3.05) is 6.54 Å². The Morgan fingerprint density at radius 2 is 1.30 bits per heavy atom. The van der Waals surface area contributed by atoms with E-state index in [1.165, 1.54) is 33.3 Å². The van der Waals surface area contributed by atoms with E-state index in [2.05, 4.69) is 123 Å². The van der Waals surface area contributed by atoms with Crippen LogP contribution in [0, 0.1) is 0 Å². The second kappa shape index (κ2) is 9.58. The van der Waals surface area contributed by atoms with Gasteiger partial charge in [0.05, 0.1) is 12.8 Å². The Morgan fingerprint density at radius 3 is 2.03 bits per heavy atom. The average molecular weight is 424 g/mol. The van der Waals surface area contributed by atoms with Crippen LogP contribution in [0.5, 0.6) is 0 Å². The zero-order chi connectivity index (χ0) is 22.5. The molecule has 0 atom stereocenters. The predicted molar refractivity (Wildman–Crippen MR) is 143 cm³/mol. The van der Waals surface area contributed by atoms with Crippen molar-refractivity contribution >= 4 is 30.7 Å². The summed E-state index contributed by atoms with van der Waals surface area (Å²) in [4.78, 5) is 0. The van der Waals surface area contributed by atoms with Crippen LogP contribution in [0.25, 0.3) is 22.3 Å². The van der Waals surface area contributed by atoms with Gasteiger partial charge in [0.25, 0.3) is 0 Å². The molecule has 0 bridgehead atoms. The molecule has 0 N–H and O–H groups in total. The fraction of sp³-hybridized carbons (Fsp3) is 0.0333. The molecular weight excluding hydrogens is 399 g/mol. The normalized spacial score (nSPS) is 13.6. The highest BCUT2D eigenvalue weighted by Gasteiger charge is 2.14. The molecule has 0 amide bonds. The molecule has 1 aliphatic heterocycles. The van der Waals surface area contributed by atoms with Crippen LogP contribution in [0.2, 0.25) is 0 Å². The Kier molecular flexibility index (Phi) is 6.03. The number of allylic oxidation sites excluding steroid dienone is 2. The molecule has 1 aliphatic rings. The van der Waals surface area contributed by atoms with Crippen LogP contribution < -0.4 is 5.46 Å². The summed E-state index contributed by atoms with van der Waals surface area (Å²) in [7, 11) is 2.12. The molecule has 0 saturated heterocycles. The Bertz CT molecular complexity index is 1340. The van der Waals surface area contributed by atoms with Gasteiger partial charge in [-0.1, -0.05) is 109 Å². The lowest BCUT2D eigenvalue weighted by Gasteiger charge is -2.23. The highest BCUT2D eigenvalue weighted by molar-refractivity contribution is 6.32. The third kappa shape index (κ3) is 5.04. The van der Waals surface area contributed by atoms with Gasteiger partial charge < -0.3 is 0 Å². The minimum atomic E-state index is 0.731. The number of rotatable bonds is 5. The molecule has 33 heavy (non-hydrogen) atoms. The van der Waals surface area contributed by atoms with Gasteiger partial charge in [-0.3, -0.25) is 5.01 Å². The van der Waals surface area contributed by atoms with Crippen molar-refractivity contribution in [3.63, 3.8) is 0 Å². The van der Waals surface area contributed by atoms with Crippen LogP contribution >= 0.6 is 0 Å². The number of nitrogens with zero attached hydrogens (tertiary/aromatic N) is 2. The molecule has 4 aromatic carbocycles. The maximum absolute atomic E-state index is 4.85. The summed E-state index contributed by atoms with van der Waals surface area (Å²) in [6, 6.07) is 38.2. The van der Waals surface area contributed by atoms with Gasteiger partial charge in [0.15, 0.2) is 0 Å². The standard InChI is InChI=1S/C30H25BN2/c31-30-16-8-15-27(19-30)26-14-7-9-23(17-26)20-32-33-21-28(24-10-3-1-4-11-24)18-29(22-33)25-12-5-2-6-13-25/h1-21H,22,31H2/b32-20+. The van der Waals surface area contributed by atoms with Gasteiger partial charge in [-0.2, -0.15) is 5.10 Å². The predicted octanol–water partition coefficient (Wildman–Crippen LogP) is 5.39. The van der Waals surface area contributed by atoms with Crippen LogP contribution in [0.3, 0.4) is 0 Å². The van der Waals surface area contributed by atoms with E-state index in [-0.39, 0.29) is 0 Å². The highest BCUT2D eigenvalue weighted by Crippen LogP contribution is 2.28. The fourth-order valence-electron chi connectivity index (χ4n) is 4.10.